The number of hydrogen-bond acceptors (Lipinski definition) is 2. The summed E-state index contributed by atoms with van der Waals surface area (Å²) in [6.45, 7) is 20.8. The molecule has 0 radical (unpaired) electrons. The van der Waals surface area contributed by atoms with E-state index in [0.29, 0.717) is 5.75 Å². The quantitative estimate of drug-likeness (QED) is 0.747. The number of aromatic hydroxyl groups is 1. The van der Waals surface area contributed by atoms with Gasteiger partial charge in [-0.25, -0.2) is 0 Å². The third-order valence-corrected chi connectivity index (χ3v) is 3.08. The maximum atomic E-state index is 10.3. The molecule has 1 rings (SSSR count). The molecule has 0 aromatic heterocycles. The Labute approximate surface area is 131 Å². The Morgan fingerprint density at radius 2 is 1.29 bits per heavy atom. The Bertz CT molecular complexity index is 446. The van der Waals surface area contributed by atoms with E-state index >= 15 is 0 Å². The lowest BCUT2D eigenvalue weighted by Gasteiger charge is -2.28. The molecule has 0 aliphatic heterocycles. The minimum atomic E-state index is -0.0829. The molecule has 0 atom stereocenters. The van der Waals surface area contributed by atoms with Gasteiger partial charge in [-0.2, -0.15) is 0 Å². The fraction of sp³-hybridized carbons (Fsp3) is 0.684. The zero-order chi connectivity index (χ0) is 17.0. The standard InChI is InChI=1S/C17H28O2.C2H6/c1-11(2)19-15-10-14(18)12(16(3,4)5)9-13(15)17(6,7)8;1-2/h9-11,18H,1-8H3;1-2H3. The number of benzene rings is 1. The van der Waals surface area contributed by atoms with Gasteiger partial charge in [0.15, 0.2) is 0 Å². The van der Waals surface area contributed by atoms with Crippen molar-refractivity contribution in [1.29, 1.82) is 0 Å². The summed E-state index contributed by atoms with van der Waals surface area (Å²) < 4.78 is 5.86. The normalized spacial score (nSPS) is 12.0. The molecule has 2 nitrogen and oxygen atoms in total. The van der Waals surface area contributed by atoms with Gasteiger partial charge in [0.25, 0.3) is 0 Å². The SMILES string of the molecule is CC.CC(C)Oc1cc(O)c(C(C)(C)C)cc1C(C)(C)C. The van der Waals surface area contributed by atoms with Crippen molar-refractivity contribution in [2.45, 2.75) is 86.2 Å². The van der Waals surface area contributed by atoms with Gasteiger partial charge in [0.05, 0.1) is 6.10 Å². The topological polar surface area (TPSA) is 29.5 Å². The largest absolute Gasteiger partial charge is 0.508 e. The van der Waals surface area contributed by atoms with E-state index in [2.05, 4.69) is 47.6 Å². The van der Waals surface area contributed by atoms with Crippen LogP contribution in [-0.2, 0) is 10.8 Å². The van der Waals surface area contributed by atoms with Gasteiger partial charge < -0.3 is 9.84 Å². The molecular weight excluding hydrogens is 260 g/mol. The van der Waals surface area contributed by atoms with E-state index in [1.807, 2.05) is 27.7 Å². The molecule has 0 spiro atoms. The van der Waals surface area contributed by atoms with E-state index in [1.165, 1.54) is 0 Å². The summed E-state index contributed by atoms with van der Waals surface area (Å²) in [6, 6.07) is 3.86. The first-order valence-electron chi connectivity index (χ1n) is 7.97. The average molecular weight is 294 g/mol. The molecule has 0 fully saturated rings. The van der Waals surface area contributed by atoms with Crippen molar-refractivity contribution in [3.63, 3.8) is 0 Å². The van der Waals surface area contributed by atoms with E-state index in [1.54, 1.807) is 6.07 Å². The number of hydrogen-bond donors (Lipinski definition) is 1. The summed E-state index contributed by atoms with van der Waals surface area (Å²) in [5, 5.41) is 10.3. The van der Waals surface area contributed by atoms with E-state index in [0.717, 1.165) is 16.9 Å². The highest BCUT2D eigenvalue weighted by Crippen LogP contribution is 2.40. The van der Waals surface area contributed by atoms with Gasteiger partial charge in [-0.1, -0.05) is 55.4 Å². The summed E-state index contributed by atoms with van der Waals surface area (Å²) >= 11 is 0. The molecule has 0 heterocycles. The molecule has 0 unspecified atom stereocenters. The Morgan fingerprint density at radius 3 is 1.62 bits per heavy atom. The molecule has 0 bridgehead atoms. The Hall–Kier alpha value is -1.18. The van der Waals surface area contributed by atoms with Crippen LogP contribution in [0.4, 0.5) is 0 Å². The van der Waals surface area contributed by atoms with Gasteiger partial charge in [0.1, 0.15) is 11.5 Å². The van der Waals surface area contributed by atoms with Crippen LogP contribution in [0.5, 0.6) is 11.5 Å². The smallest absolute Gasteiger partial charge is 0.127 e. The van der Waals surface area contributed by atoms with Crippen LogP contribution in [0.1, 0.15) is 80.4 Å². The number of rotatable bonds is 2. The zero-order valence-electron chi connectivity index (χ0n) is 15.6. The third kappa shape index (κ3) is 5.61. The van der Waals surface area contributed by atoms with Crippen LogP contribution in [0.15, 0.2) is 12.1 Å². The van der Waals surface area contributed by atoms with Crippen LogP contribution >= 0.6 is 0 Å². The molecule has 1 N–H and O–H groups in total. The van der Waals surface area contributed by atoms with E-state index in [9.17, 15) is 5.11 Å². The van der Waals surface area contributed by atoms with Crippen LogP contribution in [0.25, 0.3) is 0 Å². The minimum absolute atomic E-state index is 0.0159. The molecule has 0 saturated heterocycles. The first kappa shape index (κ1) is 19.8. The molecule has 122 valence electrons. The number of phenolic OH excluding ortho intramolecular Hbond substituents is 1. The molecule has 0 saturated carbocycles. The van der Waals surface area contributed by atoms with Crippen LogP contribution in [0.2, 0.25) is 0 Å². The second-order valence-corrected chi connectivity index (χ2v) is 7.53. The highest BCUT2D eigenvalue weighted by molar-refractivity contribution is 5.51. The lowest BCUT2D eigenvalue weighted by atomic mass is 9.79. The van der Waals surface area contributed by atoms with Crippen molar-refractivity contribution in [2.24, 2.45) is 0 Å². The second-order valence-electron chi connectivity index (χ2n) is 7.53. The summed E-state index contributed by atoms with van der Waals surface area (Å²) in [4.78, 5) is 0. The molecule has 1 aromatic carbocycles. The number of ether oxygens (including phenoxy) is 1. The molecule has 0 amide bonds. The highest BCUT2D eigenvalue weighted by atomic mass is 16.5. The van der Waals surface area contributed by atoms with Crippen molar-refractivity contribution in [3.05, 3.63) is 23.3 Å². The van der Waals surface area contributed by atoms with Crippen LogP contribution in [0.3, 0.4) is 0 Å². The average Bonchev–Trinajstić information content (AvgIpc) is 2.27. The second kappa shape index (κ2) is 7.20. The van der Waals surface area contributed by atoms with Gasteiger partial charge in [-0.05, 0) is 36.3 Å². The molecule has 1 aromatic rings. The maximum Gasteiger partial charge on any atom is 0.127 e. The Morgan fingerprint density at radius 1 is 0.857 bits per heavy atom. The van der Waals surface area contributed by atoms with Gasteiger partial charge in [0.2, 0.25) is 0 Å². The highest BCUT2D eigenvalue weighted by Gasteiger charge is 2.26. The molecule has 21 heavy (non-hydrogen) atoms. The van der Waals surface area contributed by atoms with Crippen molar-refractivity contribution in [2.75, 3.05) is 0 Å². The summed E-state index contributed by atoms with van der Waals surface area (Å²) in [7, 11) is 0. The van der Waals surface area contributed by atoms with Crippen LogP contribution in [0, 0.1) is 0 Å². The van der Waals surface area contributed by atoms with Gasteiger partial charge in [-0.15, -0.1) is 0 Å². The minimum Gasteiger partial charge on any atom is -0.508 e. The maximum absolute atomic E-state index is 10.3. The molecule has 0 aliphatic carbocycles. The fourth-order valence-corrected chi connectivity index (χ4v) is 2.11. The zero-order valence-corrected chi connectivity index (χ0v) is 15.6. The predicted octanol–water partition coefficient (Wildman–Crippen LogP) is 5.80. The third-order valence-electron chi connectivity index (χ3n) is 3.08. The van der Waals surface area contributed by atoms with Gasteiger partial charge in [0, 0.05) is 11.6 Å². The lowest BCUT2D eigenvalue weighted by Crippen LogP contribution is -2.19. The molecule has 2 heteroatoms. The summed E-state index contributed by atoms with van der Waals surface area (Å²) in [5.41, 5.74) is 2.01. The summed E-state index contributed by atoms with van der Waals surface area (Å²) in [6.07, 6.45) is 0.0981. The van der Waals surface area contributed by atoms with Gasteiger partial charge in [-0.3, -0.25) is 0 Å². The van der Waals surface area contributed by atoms with E-state index in [-0.39, 0.29) is 16.9 Å². The first-order valence-corrected chi connectivity index (χ1v) is 7.97. The van der Waals surface area contributed by atoms with Crippen molar-refractivity contribution in [1.82, 2.24) is 0 Å². The van der Waals surface area contributed by atoms with Crippen LogP contribution < -0.4 is 4.74 Å². The van der Waals surface area contributed by atoms with Crippen molar-refractivity contribution in [3.8, 4) is 11.5 Å². The van der Waals surface area contributed by atoms with E-state index in [4.69, 9.17) is 4.74 Å². The van der Waals surface area contributed by atoms with Crippen molar-refractivity contribution < 1.29 is 9.84 Å². The molecule has 0 aliphatic rings. The van der Waals surface area contributed by atoms with Crippen LogP contribution in [-0.4, -0.2) is 11.2 Å². The van der Waals surface area contributed by atoms with Crippen molar-refractivity contribution >= 4 is 0 Å². The predicted molar refractivity (Wildman–Crippen MR) is 92.6 cm³/mol. The number of phenols is 1. The summed E-state index contributed by atoms with van der Waals surface area (Å²) in [5.74, 6) is 1.10. The van der Waals surface area contributed by atoms with E-state index < -0.39 is 0 Å². The van der Waals surface area contributed by atoms with Gasteiger partial charge >= 0.3 is 0 Å². The fourth-order valence-electron chi connectivity index (χ4n) is 2.11. The Kier molecular flexibility index (Phi) is 6.79. The molecular formula is C19H34O2. The monoisotopic (exact) mass is 294 g/mol. The lowest BCUT2D eigenvalue weighted by molar-refractivity contribution is 0.235. The first-order chi connectivity index (χ1) is 9.43. The Balaban J connectivity index is 0.00000191.